The van der Waals surface area contributed by atoms with Gasteiger partial charge >= 0.3 is 8.80 Å². The van der Waals surface area contributed by atoms with E-state index in [0.717, 1.165) is 25.3 Å². The van der Waals surface area contributed by atoms with Gasteiger partial charge in [-0.05, 0) is 18.9 Å². The number of ether oxygens (including phenoxy) is 1. The van der Waals surface area contributed by atoms with Crippen molar-refractivity contribution in [3.8, 4) is 0 Å². The summed E-state index contributed by atoms with van der Waals surface area (Å²) in [6.07, 6.45) is 9.24. The molecule has 0 aliphatic heterocycles. The van der Waals surface area contributed by atoms with Crippen LogP contribution >= 0.6 is 0 Å². The highest BCUT2D eigenvalue weighted by atomic mass is 28.4. The van der Waals surface area contributed by atoms with Crippen LogP contribution in [-0.2, 0) is 24.6 Å². The second-order valence-electron chi connectivity index (χ2n) is 6.81. The van der Waals surface area contributed by atoms with Crippen LogP contribution in [0.5, 0.6) is 0 Å². The molecule has 28 heavy (non-hydrogen) atoms. The third-order valence-corrected chi connectivity index (χ3v) is 7.73. The molecule has 0 bridgehead atoms. The molecule has 0 aliphatic rings. The normalized spacial score (nSPS) is 11.7. The van der Waals surface area contributed by atoms with Gasteiger partial charge in [0.1, 0.15) is 0 Å². The molecule has 0 unspecified atom stereocenters. The van der Waals surface area contributed by atoms with Gasteiger partial charge in [-0.2, -0.15) is 0 Å². The molecule has 0 fully saturated rings. The third-order valence-electron chi connectivity index (χ3n) is 4.90. The molecule has 0 N–H and O–H groups in total. The van der Waals surface area contributed by atoms with Gasteiger partial charge in [0.15, 0.2) is 0 Å². The smallest absolute Gasteiger partial charge is 0.377 e. The molecule has 1 aromatic carbocycles. The van der Waals surface area contributed by atoms with Gasteiger partial charge in [-0.15, -0.1) is 0 Å². The first-order valence-corrected chi connectivity index (χ1v) is 12.0. The van der Waals surface area contributed by atoms with Crippen LogP contribution in [0.4, 0.5) is 5.69 Å². The summed E-state index contributed by atoms with van der Waals surface area (Å²) in [5.74, 6) is 0. The fourth-order valence-electron chi connectivity index (χ4n) is 3.16. The highest BCUT2D eigenvalue weighted by molar-refractivity contribution is 6.60. The molecule has 160 valence electrons. The maximum atomic E-state index is 11.0. The first-order valence-electron chi connectivity index (χ1n) is 10.0. The molecule has 0 spiro atoms. The quantitative estimate of drug-likeness (QED) is 0.153. The molecular weight excluding hydrogens is 378 g/mol. The number of benzene rings is 1. The van der Waals surface area contributed by atoms with Crippen molar-refractivity contribution < 1.29 is 22.9 Å². The lowest BCUT2D eigenvalue weighted by Gasteiger charge is -2.24. The third kappa shape index (κ3) is 9.25. The summed E-state index contributed by atoms with van der Waals surface area (Å²) in [5, 5.41) is 11.0. The van der Waals surface area contributed by atoms with Crippen LogP contribution in [0, 0.1) is 10.1 Å². The lowest BCUT2D eigenvalue weighted by molar-refractivity contribution is -0.385. The average molecular weight is 414 g/mol. The first-order chi connectivity index (χ1) is 13.6. The number of nitro groups is 1. The Morgan fingerprint density at radius 3 is 1.96 bits per heavy atom. The summed E-state index contributed by atoms with van der Waals surface area (Å²) in [7, 11) is 2.57. The number of unbranched alkanes of at least 4 members (excludes halogenated alkanes) is 7. The Balaban J connectivity index is 1.98. The molecule has 8 heteroatoms. The van der Waals surface area contributed by atoms with Gasteiger partial charge in [0.25, 0.3) is 5.69 Å². The van der Waals surface area contributed by atoms with Crippen LogP contribution in [0.15, 0.2) is 24.3 Å². The summed E-state index contributed by atoms with van der Waals surface area (Å²) < 4.78 is 21.9. The van der Waals surface area contributed by atoms with E-state index in [9.17, 15) is 10.1 Å². The second kappa shape index (κ2) is 14.6. The van der Waals surface area contributed by atoms with Gasteiger partial charge in [0.2, 0.25) is 0 Å². The summed E-state index contributed by atoms with van der Waals surface area (Å²) in [6.45, 7) is 0.941. The fourth-order valence-corrected chi connectivity index (χ4v) is 4.95. The van der Waals surface area contributed by atoms with Crippen molar-refractivity contribution in [3.63, 3.8) is 0 Å². The summed E-state index contributed by atoms with van der Waals surface area (Å²) in [6, 6.07) is 7.60. The van der Waals surface area contributed by atoms with Crippen LogP contribution in [0.1, 0.15) is 56.9 Å². The van der Waals surface area contributed by atoms with E-state index in [1.165, 1.54) is 38.2 Å². The van der Waals surface area contributed by atoms with Gasteiger partial charge in [-0.1, -0.05) is 50.7 Å². The number of rotatable bonds is 17. The minimum atomic E-state index is -2.40. The van der Waals surface area contributed by atoms with Crippen LogP contribution in [0.2, 0.25) is 6.04 Å². The Hall–Kier alpha value is -1.32. The van der Waals surface area contributed by atoms with Gasteiger partial charge in [-0.3, -0.25) is 10.1 Å². The summed E-state index contributed by atoms with van der Waals surface area (Å²) in [5.41, 5.74) is 0.763. The van der Waals surface area contributed by atoms with Crippen LogP contribution in [-0.4, -0.2) is 41.7 Å². The molecule has 7 nitrogen and oxygen atoms in total. The SMILES string of the molecule is CO[Si](CCCCCCCCCCOCc1ccccc1[N+](=O)[O-])(OC)OC. The van der Waals surface area contributed by atoms with E-state index < -0.39 is 8.80 Å². The average Bonchev–Trinajstić information content (AvgIpc) is 2.72. The first kappa shape index (κ1) is 24.7. The molecule has 0 amide bonds. The van der Waals surface area contributed by atoms with Crippen LogP contribution < -0.4 is 0 Å². The van der Waals surface area contributed by atoms with E-state index in [-0.39, 0.29) is 10.6 Å². The Morgan fingerprint density at radius 1 is 0.857 bits per heavy atom. The Bertz CT molecular complexity index is 545. The molecule has 1 aromatic rings. The Morgan fingerprint density at radius 2 is 1.39 bits per heavy atom. The second-order valence-corrected chi connectivity index (χ2v) is 9.90. The van der Waals surface area contributed by atoms with Gasteiger partial charge in [0.05, 0.1) is 17.1 Å². The van der Waals surface area contributed by atoms with E-state index in [1.54, 1.807) is 39.5 Å². The van der Waals surface area contributed by atoms with E-state index in [1.807, 2.05) is 0 Å². The number of hydrogen-bond donors (Lipinski definition) is 0. The van der Waals surface area contributed by atoms with E-state index in [2.05, 4.69) is 0 Å². The van der Waals surface area contributed by atoms with Crippen molar-refractivity contribution in [1.29, 1.82) is 0 Å². The molecule has 1 rings (SSSR count). The van der Waals surface area contributed by atoms with E-state index >= 15 is 0 Å². The lowest BCUT2D eigenvalue weighted by atomic mass is 10.1. The topological polar surface area (TPSA) is 80.1 Å². The zero-order valence-corrected chi connectivity index (χ0v) is 18.5. The van der Waals surface area contributed by atoms with Crippen LogP contribution in [0.3, 0.4) is 0 Å². The van der Waals surface area contributed by atoms with E-state index in [4.69, 9.17) is 18.0 Å². The minimum Gasteiger partial charge on any atom is -0.377 e. The number of para-hydroxylation sites is 1. The number of nitro benzene ring substituents is 1. The van der Waals surface area contributed by atoms with Gasteiger partial charge in [-0.25, -0.2) is 0 Å². The molecular formula is C20H35NO6Si. The standard InChI is InChI=1S/C20H35NO6Si/c1-24-28(25-2,26-3)17-13-9-7-5-4-6-8-12-16-27-18-19-14-10-11-15-20(19)21(22)23/h10-11,14-15H,4-9,12-13,16-18H2,1-3H3. The number of hydrogen-bond acceptors (Lipinski definition) is 6. The monoisotopic (exact) mass is 413 g/mol. The predicted octanol–water partition coefficient (Wildman–Crippen LogP) is 5.11. The predicted molar refractivity (Wildman–Crippen MR) is 111 cm³/mol. The maximum Gasteiger partial charge on any atom is 0.500 e. The minimum absolute atomic E-state index is 0.129. The Labute approximate surface area is 169 Å². The highest BCUT2D eigenvalue weighted by Gasteiger charge is 2.36. The summed E-state index contributed by atoms with van der Waals surface area (Å²) in [4.78, 5) is 10.6. The molecule has 0 saturated heterocycles. The van der Waals surface area contributed by atoms with Crippen molar-refractivity contribution in [2.24, 2.45) is 0 Å². The summed E-state index contributed by atoms with van der Waals surface area (Å²) >= 11 is 0. The molecule has 0 radical (unpaired) electrons. The van der Waals surface area contributed by atoms with Crippen LogP contribution in [0.25, 0.3) is 0 Å². The lowest BCUT2D eigenvalue weighted by Crippen LogP contribution is -2.42. The largest absolute Gasteiger partial charge is 0.500 e. The molecule has 0 atom stereocenters. The molecule has 0 aromatic heterocycles. The van der Waals surface area contributed by atoms with E-state index in [0.29, 0.717) is 18.8 Å². The van der Waals surface area contributed by atoms with Gasteiger partial charge in [0, 0.05) is 40.0 Å². The maximum absolute atomic E-state index is 11.0. The Kier molecular flexibility index (Phi) is 12.9. The molecule has 0 heterocycles. The van der Waals surface area contributed by atoms with Crippen molar-refractivity contribution >= 4 is 14.5 Å². The highest BCUT2D eigenvalue weighted by Crippen LogP contribution is 2.19. The fraction of sp³-hybridized carbons (Fsp3) is 0.700. The number of nitrogens with zero attached hydrogens (tertiary/aromatic N) is 1. The molecule has 0 aliphatic carbocycles. The zero-order valence-electron chi connectivity index (χ0n) is 17.5. The van der Waals surface area contributed by atoms with Crippen molar-refractivity contribution in [1.82, 2.24) is 0 Å². The zero-order chi connectivity index (χ0) is 20.7. The van der Waals surface area contributed by atoms with Crippen molar-refractivity contribution in [2.45, 2.75) is 64.0 Å². The van der Waals surface area contributed by atoms with Crippen molar-refractivity contribution in [2.75, 3.05) is 27.9 Å². The van der Waals surface area contributed by atoms with Gasteiger partial charge < -0.3 is 18.0 Å². The van der Waals surface area contributed by atoms with Crippen molar-refractivity contribution in [3.05, 3.63) is 39.9 Å². The molecule has 0 saturated carbocycles.